The van der Waals surface area contributed by atoms with Crippen molar-refractivity contribution in [3.63, 3.8) is 0 Å². The van der Waals surface area contributed by atoms with Crippen LogP contribution in [0, 0.1) is 0 Å². The summed E-state index contributed by atoms with van der Waals surface area (Å²) in [6.07, 6.45) is 2.08. The van der Waals surface area contributed by atoms with Gasteiger partial charge in [-0.3, -0.25) is 0 Å². The Hall–Kier alpha value is -1.81. The second kappa shape index (κ2) is 6.38. The quantitative estimate of drug-likeness (QED) is 0.837. The fourth-order valence-electron chi connectivity index (χ4n) is 2.12. The lowest BCUT2D eigenvalue weighted by Gasteiger charge is -2.16. The number of fused-ring (bicyclic) bond motifs is 1. The number of nitrogens with two attached hydrogens (primary N) is 1. The lowest BCUT2D eigenvalue weighted by Crippen LogP contribution is -2.17. The summed E-state index contributed by atoms with van der Waals surface area (Å²) < 4.78 is 5.19. The first-order chi connectivity index (χ1) is 9.24. The Morgan fingerprint density at radius 1 is 1.32 bits per heavy atom. The molecule has 4 heteroatoms. The normalized spacial score (nSPS) is 12.4. The average molecular weight is 259 g/mol. The minimum absolute atomic E-state index is 0.377. The van der Waals surface area contributed by atoms with Crippen molar-refractivity contribution in [2.45, 2.75) is 25.8 Å². The first-order valence-corrected chi connectivity index (χ1v) is 6.65. The van der Waals surface area contributed by atoms with Gasteiger partial charge in [-0.25, -0.2) is 4.98 Å². The number of hydrogen-bond donors (Lipinski definition) is 2. The van der Waals surface area contributed by atoms with Crippen molar-refractivity contribution in [3.8, 4) is 5.88 Å². The van der Waals surface area contributed by atoms with Crippen molar-refractivity contribution in [1.29, 1.82) is 0 Å². The molecule has 0 aliphatic rings. The van der Waals surface area contributed by atoms with Crippen LogP contribution in [0.4, 0.5) is 5.69 Å². The fourth-order valence-corrected chi connectivity index (χ4v) is 2.12. The monoisotopic (exact) mass is 259 g/mol. The molecule has 0 radical (unpaired) electrons. The van der Waals surface area contributed by atoms with Gasteiger partial charge in [-0.1, -0.05) is 12.1 Å². The fraction of sp³-hybridized carbons (Fsp3) is 0.400. The van der Waals surface area contributed by atoms with Crippen LogP contribution in [0.5, 0.6) is 5.88 Å². The van der Waals surface area contributed by atoms with Gasteiger partial charge >= 0.3 is 0 Å². The maximum atomic E-state index is 5.54. The summed E-state index contributed by atoms with van der Waals surface area (Å²) in [5.41, 5.74) is 7.53. The van der Waals surface area contributed by atoms with Crippen LogP contribution in [0.15, 0.2) is 30.3 Å². The van der Waals surface area contributed by atoms with E-state index in [1.54, 1.807) is 7.11 Å². The molecule has 0 aliphatic carbocycles. The molecule has 1 atom stereocenters. The predicted molar refractivity (Wildman–Crippen MR) is 79.7 cm³/mol. The van der Waals surface area contributed by atoms with Gasteiger partial charge in [0.2, 0.25) is 5.88 Å². The van der Waals surface area contributed by atoms with Crippen LogP contribution in [0.1, 0.15) is 19.8 Å². The molecule has 102 valence electrons. The van der Waals surface area contributed by atoms with Crippen LogP contribution < -0.4 is 15.8 Å². The van der Waals surface area contributed by atoms with E-state index in [1.165, 1.54) is 0 Å². The van der Waals surface area contributed by atoms with Crippen LogP contribution in [0.2, 0.25) is 0 Å². The molecule has 19 heavy (non-hydrogen) atoms. The van der Waals surface area contributed by atoms with Crippen molar-refractivity contribution in [3.05, 3.63) is 30.3 Å². The molecule has 0 saturated carbocycles. The van der Waals surface area contributed by atoms with Gasteiger partial charge in [0, 0.05) is 17.5 Å². The van der Waals surface area contributed by atoms with E-state index in [-0.39, 0.29) is 0 Å². The van der Waals surface area contributed by atoms with E-state index in [1.807, 2.05) is 24.3 Å². The van der Waals surface area contributed by atoms with E-state index in [2.05, 4.69) is 23.3 Å². The molecule has 2 aromatic rings. The summed E-state index contributed by atoms with van der Waals surface area (Å²) in [6.45, 7) is 2.89. The predicted octanol–water partition coefficient (Wildman–Crippen LogP) is 2.78. The Morgan fingerprint density at radius 3 is 2.89 bits per heavy atom. The number of nitrogens with zero attached hydrogens (tertiary/aromatic N) is 1. The van der Waals surface area contributed by atoms with Crippen molar-refractivity contribution in [2.75, 3.05) is 19.0 Å². The number of para-hydroxylation sites is 1. The maximum absolute atomic E-state index is 5.54. The van der Waals surface area contributed by atoms with Gasteiger partial charge in [-0.05, 0) is 38.4 Å². The van der Waals surface area contributed by atoms with Crippen molar-refractivity contribution >= 4 is 16.6 Å². The van der Waals surface area contributed by atoms with E-state index >= 15 is 0 Å². The summed E-state index contributed by atoms with van der Waals surface area (Å²) >= 11 is 0. The van der Waals surface area contributed by atoms with Crippen molar-refractivity contribution < 1.29 is 4.74 Å². The molecule has 4 nitrogen and oxygen atoms in total. The Bertz CT molecular complexity index is 542. The molecule has 0 spiro atoms. The van der Waals surface area contributed by atoms with Crippen molar-refractivity contribution in [1.82, 2.24) is 4.98 Å². The summed E-state index contributed by atoms with van der Waals surface area (Å²) in [4.78, 5) is 4.52. The number of hydrogen-bond acceptors (Lipinski definition) is 4. The lowest BCUT2D eigenvalue weighted by molar-refractivity contribution is 0.399. The third-order valence-electron chi connectivity index (χ3n) is 3.15. The number of methoxy groups -OCH3 is 1. The largest absolute Gasteiger partial charge is 0.481 e. The van der Waals surface area contributed by atoms with E-state index < -0.39 is 0 Å². The Labute approximate surface area is 114 Å². The van der Waals surface area contributed by atoms with Crippen LogP contribution in [-0.2, 0) is 0 Å². The second-order valence-electron chi connectivity index (χ2n) is 4.71. The van der Waals surface area contributed by atoms with Gasteiger partial charge in [0.15, 0.2) is 0 Å². The zero-order valence-corrected chi connectivity index (χ0v) is 11.5. The third kappa shape index (κ3) is 3.35. The van der Waals surface area contributed by atoms with E-state index in [0.717, 1.165) is 36.0 Å². The maximum Gasteiger partial charge on any atom is 0.213 e. The van der Waals surface area contributed by atoms with Gasteiger partial charge in [0.25, 0.3) is 0 Å². The summed E-state index contributed by atoms with van der Waals surface area (Å²) in [5, 5.41) is 4.61. The summed E-state index contributed by atoms with van der Waals surface area (Å²) in [7, 11) is 1.63. The van der Waals surface area contributed by atoms with Gasteiger partial charge in [-0.15, -0.1) is 0 Å². The number of pyridine rings is 1. The zero-order valence-electron chi connectivity index (χ0n) is 11.5. The molecule has 0 amide bonds. The minimum Gasteiger partial charge on any atom is -0.481 e. The van der Waals surface area contributed by atoms with E-state index in [9.17, 15) is 0 Å². The topological polar surface area (TPSA) is 60.2 Å². The smallest absolute Gasteiger partial charge is 0.213 e. The van der Waals surface area contributed by atoms with E-state index in [0.29, 0.717) is 11.9 Å². The van der Waals surface area contributed by atoms with Gasteiger partial charge in [0.1, 0.15) is 0 Å². The van der Waals surface area contributed by atoms with Gasteiger partial charge in [0.05, 0.1) is 18.3 Å². The molecular formula is C15H21N3O. The molecule has 1 aromatic carbocycles. The highest BCUT2D eigenvalue weighted by molar-refractivity contribution is 5.90. The third-order valence-corrected chi connectivity index (χ3v) is 3.15. The minimum atomic E-state index is 0.377. The standard InChI is InChI=1S/C15H21N3O/c1-11(5-4-10-16)17-13-7-3-6-12-8-9-14(19-2)18-15(12)13/h3,6-9,11,17H,4-5,10,16H2,1-2H3. The molecule has 0 saturated heterocycles. The van der Waals surface area contributed by atoms with Crippen LogP contribution in [0.25, 0.3) is 10.9 Å². The zero-order chi connectivity index (χ0) is 13.7. The number of rotatable bonds is 6. The molecule has 3 N–H and O–H groups in total. The Kier molecular flexibility index (Phi) is 4.58. The highest BCUT2D eigenvalue weighted by atomic mass is 16.5. The molecule has 2 rings (SSSR count). The Balaban J connectivity index is 2.26. The molecule has 1 heterocycles. The summed E-state index contributed by atoms with van der Waals surface area (Å²) in [6, 6.07) is 10.4. The van der Waals surface area contributed by atoms with Gasteiger partial charge in [-0.2, -0.15) is 0 Å². The molecule has 0 fully saturated rings. The Morgan fingerprint density at radius 2 is 2.16 bits per heavy atom. The SMILES string of the molecule is COc1ccc2cccc(NC(C)CCCN)c2n1. The molecule has 0 aliphatic heterocycles. The number of ether oxygens (including phenoxy) is 1. The highest BCUT2D eigenvalue weighted by Crippen LogP contribution is 2.24. The average Bonchev–Trinajstić information content (AvgIpc) is 2.45. The highest BCUT2D eigenvalue weighted by Gasteiger charge is 2.07. The molecule has 1 aromatic heterocycles. The van der Waals surface area contributed by atoms with Crippen LogP contribution in [0.3, 0.4) is 0 Å². The van der Waals surface area contributed by atoms with Crippen LogP contribution >= 0.6 is 0 Å². The molecular weight excluding hydrogens is 238 g/mol. The number of benzene rings is 1. The first-order valence-electron chi connectivity index (χ1n) is 6.65. The molecule has 0 bridgehead atoms. The summed E-state index contributed by atoms with van der Waals surface area (Å²) in [5.74, 6) is 0.636. The van der Waals surface area contributed by atoms with Gasteiger partial charge < -0.3 is 15.8 Å². The number of nitrogens with one attached hydrogen (secondary N) is 1. The number of aromatic nitrogens is 1. The van der Waals surface area contributed by atoms with E-state index in [4.69, 9.17) is 10.5 Å². The van der Waals surface area contributed by atoms with Crippen molar-refractivity contribution in [2.24, 2.45) is 5.73 Å². The number of anilines is 1. The second-order valence-corrected chi connectivity index (χ2v) is 4.71. The lowest BCUT2D eigenvalue weighted by atomic mass is 10.1. The van der Waals surface area contributed by atoms with Crippen LogP contribution in [-0.4, -0.2) is 24.7 Å². The molecule has 1 unspecified atom stereocenters. The first kappa shape index (κ1) is 13.6.